The maximum absolute atomic E-state index is 12.2. The summed E-state index contributed by atoms with van der Waals surface area (Å²) in [6, 6.07) is 17.9. The van der Waals surface area contributed by atoms with E-state index in [0.717, 1.165) is 28.8 Å². The summed E-state index contributed by atoms with van der Waals surface area (Å²) in [5.74, 6) is 0.250. The Balaban J connectivity index is 1.25. The van der Waals surface area contributed by atoms with Crippen LogP contribution in [0, 0.1) is 0 Å². The van der Waals surface area contributed by atoms with Crippen molar-refractivity contribution >= 4 is 51.2 Å². The Morgan fingerprint density at radius 3 is 2.50 bits per heavy atom. The minimum atomic E-state index is -0.0494. The molecule has 6 nitrogen and oxygen atoms in total. The van der Waals surface area contributed by atoms with E-state index in [2.05, 4.69) is 37.9 Å². The summed E-state index contributed by atoms with van der Waals surface area (Å²) in [4.78, 5) is 14.6. The number of anilines is 4. The smallest absolute Gasteiger partial charge is 0.234 e. The van der Waals surface area contributed by atoms with Crippen LogP contribution in [0.5, 0.6) is 0 Å². The van der Waals surface area contributed by atoms with Gasteiger partial charge in [0.05, 0.1) is 5.75 Å². The van der Waals surface area contributed by atoms with Crippen LogP contribution in [0.25, 0.3) is 0 Å². The Morgan fingerprint density at radius 1 is 1.00 bits per heavy atom. The van der Waals surface area contributed by atoms with Crippen LogP contribution >= 0.6 is 23.1 Å². The molecule has 2 aromatic carbocycles. The molecule has 1 saturated heterocycles. The van der Waals surface area contributed by atoms with Gasteiger partial charge in [-0.3, -0.25) is 4.79 Å². The van der Waals surface area contributed by atoms with Crippen molar-refractivity contribution in [3.05, 3.63) is 54.6 Å². The van der Waals surface area contributed by atoms with Crippen molar-refractivity contribution < 1.29 is 4.79 Å². The average molecular weight is 412 g/mol. The SMILES string of the molecule is O=C(CSc1nnc(Nc2ccccc2)s1)Nc1ccc(N2CCCC2)cc1. The summed E-state index contributed by atoms with van der Waals surface area (Å²) < 4.78 is 0.762. The molecule has 1 aliphatic heterocycles. The van der Waals surface area contributed by atoms with E-state index in [-0.39, 0.29) is 5.91 Å². The topological polar surface area (TPSA) is 70.1 Å². The van der Waals surface area contributed by atoms with Gasteiger partial charge in [0.15, 0.2) is 4.34 Å². The van der Waals surface area contributed by atoms with Crippen LogP contribution in [-0.4, -0.2) is 34.9 Å². The number of rotatable bonds is 7. The number of hydrogen-bond donors (Lipinski definition) is 2. The first-order valence-electron chi connectivity index (χ1n) is 9.19. The highest BCUT2D eigenvalue weighted by Gasteiger charge is 2.12. The minimum Gasteiger partial charge on any atom is -0.372 e. The first-order chi connectivity index (χ1) is 13.8. The fourth-order valence-electron chi connectivity index (χ4n) is 3.02. The molecule has 0 atom stereocenters. The van der Waals surface area contributed by atoms with E-state index in [1.807, 2.05) is 42.5 Å². The van der Waals surface area contributed by atoms with Crippen molar-refractivity contribution in [3.63, 3.8) is 0 Å². The molecule has 0 aliphatic carbocycles. The van der Waals surface area contributed by atoms with Gasteiger partial charge in [-0.2, -0.15) is 0 Å². The minimum absolute atomic E-state index is 0.0494. The molecule has 3 aromatic rings. The van der Waals surface area contributed by atoms with Gasteiger partial charge in [-0.25, -0.2) is 0 Å². The third-order valence-corrected chi connectivity index (χ3v) is 6.35. The van der Waals surface area contributed by atoms with Crippen LogP contribution in [-0.2, 0) is 4.79 Å². The first-order valence-corrected chi connectivity index (χ1v) is 11.0. The number of para-hydroxylation sites is 1. The maximum atomic E-state index is 12.2. The molecule has 0 saturated carbocycles. The fourth-order valence-corrected chi connectivity index (χ4v) is 4.59. The summed E-state index contributed by atoms with van der Waals surface area (Å²) in [5, 5.41) is 15.1. The van der Waals surface area contributed by atoms with Gasteiger partial charge in [-0.1, -0.05) is 41.3 Å². The van der Waals surface area contributed by atoms with E-state index < -0.39 is 0 Å². The summed E-state index contributed by atoms with van der Waals surface area (Å²) in [6.07, 6.45) is 2.51. The maximum Gasteiger partial charge on any atom is 0.234 e. The normalized spacial score (nSPS) is 13.5. The zero-order valence-corrected chi connectivity index (χ0v) is 16.9. The van der Waals surface area contributed by atoms with Crippen molar-refractivity contribution in [1.29, 1.82) is 0 Å². The van der Waals surface area contributed by atoms with Crippen LogP contribution in [0.15, 0.2) is 58.9 Å². The van der Waals surface area contributed by atoms with Crippen molar-refractivity contribution in [1.82, 2.24) is 10.2 Å². The lowest BCUT2D eigenvalue weighted by atomic mass is 10.2. The van der Waals surface area contributed by atoms with Crippen molar-refractivity contribution in [2.45, 2.75) is 17.2 Å². The highest BCUT2D eigenvalue weighted by molar-refractivity contribution is 8.01. The van der Waals surface area contributed by atoms with Crippen LogP contribution in [0.4, 0.5) is 22.2 Å². The molecular formula is C20H21N5OS2. The lowest BCUT2D eigenvalue weighted by molar-refractivity contribution is -0.113. The van der Waals surface area contributed by atoms with Gasteiger partial charge in [-0.15, -0.1) is 10.2 Å². The van der Waals surface area contributed by atoms with Crippen LogP contribution < -0.4 is 15.5 Å². The van der Waals surface area contributed by atoms with E-state index in [9.17, 15) is 4.79 Å². The highest BCUT2D eigenvalue weighted by Crippen LogP contribution is 2.28. The van der Waals surface area contributed by atoms with Gasteiger partial charge >= 0.3 is 0 Å². The Bertz CT molecular complexity index is 908. The van der Waals surface area contributed by atoms with E-state index in [0.29, 0.717) is 10.9 Å². The molecule has 2 N–H and O–H groups in total. The molecule has 1 aliphatic rings. The molecule has 4 rings (SSSR count). The zero-order valence-electron chi connectivity index (χ0n) is 15.3. The number of carbonyl (C=O) groups is 1. The summed E-state index contributed by atoms with van der Waals surface area (Å²) in [6.45, 7) is 2.23. The molecule has 1 fully saturated rings. The zero-order chi connectivity index (χ0) is 19.2. The Morgan fingerprint density at radius 2 is 1.75 bits per heavy atom. The summed E-state index contributed by atoms with van der Waals surface area (Å²) >= 11 is 2.82. The van der Waals surface area contributed by atoms with Crippen molar-refractivity contribution in [3.8, 4) is 0 Å². The lowest BCUT2D eigenvalue weighted by Crippen LogP contribution is -2.18. The fraction of sp³-hybridized carbons (Fsp3) is 0.250. The quantitative estimate of drug-likeness (QED) is 0.553. The van der Waals surface area contributed by atoms with E-state index in [1.54, 1.807) is 0 Å². The molecule has 0 spiro atoms. The van der Waals surface area contributed by atoms with Gasteiger partial charge in [0.25, 0.3) is 0 Å². The third-order valence-electron chi connectivity index (χ3n) is 4.38. The summed E-state index contributed by atoms with van der Waals surface area (Å²) in [7, 11) is 0. The molecule has 1 amide bonds. The number of aromatic nitrogens is 2. The van der Waals surface area contributed by atoms with Crippen LogP contribution in [0.1, 0.15) is 12.8 Å². The number of benzene rings is 2. The van der Waals surface area contributed by atoms with E-state index in [4.69, 9.17) is 0 Å². The van der Waals surface area contributed by atoms with Gasteiger partial charge < -0.3 is 15.5 Å². The Hall–Kier alpha value is -2.58. The standard InChI is InChI=1S/C20H21N5OS2/c26-18(21-16-8-10-17(11-9-16)25-12-4-5-13-25)14-27-20-24-23-19(28-20)22-15-6-2-1-3-7-15/h1-3,6-11H,4-5,12-14H2,(H,21,26)(H,22,23). The van der Waals surface area contributed by atoms with E-state index >= 15 is 0 Å². The predicted molar refractivity (Wildman–Crippen MR) is 117 cm³/mol. The van der Waals surface area contributed by atoms with Gasteiger partial charge in [0, 0.05) is 30.2 Å². The molecule has 0 radical (unpaired) electrons. The molecular weight excluding hydrogens is 390 g/mol. The Labute approximate surface area is 172 Å². The summed E-state index contributed by atoms with van der Waals surface area (Å²) in [5.41, 5.74) is 3.00. The average Bonchev–Trinajstić information content (AvgIpc) is 3.40. The molecule has 0 bridgehead atoms. The number of thioether (sulfide) groups is 1. The molecule has 0 unspecified atom stereocenters. The molecule has 28 heavy (non-hydrogen) atoms. The number of nitrogens with one attached hydrogen (secondary N) is 2. The van der Waals surface area contributed by atoms with Crippen LogP contribution in [0.2, 0.25) is 0 Å². The molecule has 8 heteroatoms. The van der Waals surface area contributed by atoms with Crippen LogP contribution in [0.3, 0.4) is 0 Å². The number of carbonyl (C=O) groups excluding carboxylic acids is 1. The van der Waals surface area contributed by atoms with Gasteiger partial charge in [-0.05, 0) is 49.2 Å². The molecule has 144 valence electrons. The number of nitrogens with zero attached hydrogens (tertiary/aromatic N) is 3. The van der Waals surface area contributed by atoms with Crippen molar-refractivity contribution in [2.24, 2.45) is 0 Å². The highest BCUT2D eigenvalue weighted by atomic mass is 32.2. The third kappa shape index (κ3) is 5.02. The first kappa shape index (κ1) is 18.8. The predicted octanol–water partition coefficient (Wildman–Crippen LogP) is 4.61. The van der Waals surface area contributed by atoms with Gasteiger partial charge in [0.2, 0.25) is 11.0 Å². The van der Waals surface area contributed by atoms with Gasteiger partial charge in [0.1, 0.15) is 0 Å². The second-order valence-electron chi connectivity index (χ2n) is 6.44. The molecule has 2 heterocycles. The number of hydrogen-bond acceptors (Lipinski definition) is 7. The lowest BCUT2D eigenvalue weighted by Gasteiger charge is -2.17. The van der Waals surface area contributed by atoms with E-state index in [1.165, 1.54) is 41.6 Å². The Kier molecular flexibility index (Phi) is 6.08. The monoisotopic (exact) mass is 411 g/mol. The van der Waals surface area contributed by atoms with Crippen molar-refractivity contribution in [2.75, 3.05) is 34.4 Å². The largest absolute Gasteiger partial charge is 0.372 e. The number of amides is 1. The second-order valence-corrected chi connectivity index (χ2v) is 8.64. The second kappa shape index (κ2) is 9.07. The molecule has 1 aromatic heterocycles.